The summed E-state index contributed by atoms with van der Waals surface area (Å²) in [7, 11) is -2.80. The normalized spacial score (nSPS) is 16.0. The molecule has 24 heavy (non-hydrogen) atoms. The maximum absolute atomic E-state index is 12.8. The lowest BCUT2D eigenvalue weighted by molar-refractivity contribution is 0.0697. The Kier molecular flexibility index (Phi) is 3.45. The summed E-state index contributed by atoms with van der Waals surface area (Å²) >= 11 is 0. The Morgan fingerprint density at radius 3 is 2.29 bits per heavy atom. The van der Waals surface area contributed by atoms with Crippen LogP contribution in [0.2, 0.25) is 0 Å². The Labute approximate surface area is 137 Å². The number of carboxylic acids is 1. The number of carbonyl (C=O) groups excluding carboxylic acids is 1. The third kappa shape index (κ3) is 2.26. The first-order chi connectivity index (χ1) is 11.2. The van der Waals surface area contributed by atoms with E-state index in [2.05, 4.69) is 0 Å². The molecule has 2 N–H and O–H groups in total. The Balaban J connectivity index is 2.17. The first-order valence-electron chi connectivity index (χ1n) is 6.73. The van der Waals surface area contributed by atoms with Crippen molar-refractivity contribution in [1.29, 1.82) is 0 Å². The smallest absolute Gasteiger partial charge is 0.342 e. The number of carbonyl (C=O) groups is 2. The summed E-state index contributed by atoms with van der Waals surface area (Å²) in [6.45, 7) is 0. The van der Waals surface area contributed by atoms with E-state index in [1.807, 2.05) is 0 Å². The summed E-state index contributed by atoms with van der Waals surface area (Å²) in [6.07, 6.45) is 0. The predicted octanol–water partition coefficient (Wildman–Crippen LogP) is 1.86. The molecule has 0 bridgehead atoms. The van der Waals surface area contributed by atoms with Gasteiger partial charge in [-0.3, -0.25) is 4.90 Å². The van der Waals surface area contributed by atoms with Crippen molar-refractivity contribution >= 4 is 33.4 Å². The standard InChI is InChI=1S/C15H12N2O6S/c1-16-12-8-11(18)6-7-13(12)24(22,23)17(15(16)21)10-4-2-9(3-5-10)14(19)20/h2-8,18H,1H3,(H,19,20). The van der Waals surface area contributed by atoms with Crippen molar-refractivity contribution in [2.24, 2.45) is 0 Å². The fraction of sp³-hybridized carbons (Fsp3) is 0.0667. The first kappa shape index (κ1) is 15.8. The molecule has 8 nitrogen and oxygen atoms in total. The molecule has 0 radical (unpaired) electrons. The third-order valence-corrected chi connectivity index (χ3v) is 5.38. The largest absolute Gasteiger partial charge is 0.508 e. The molecule has 2 aromatic rings. The lowest BCUT2D eigenvalue weighted by Crippen LogP contribution is -2.49. The zero-order chi connectivity index (χ0) is 17.6. The highest BCUT2D eigenvalue weighted by Gasteiger charge is 2.41. The predicted molar refractivity (Wildman–Crippen MR) is 85.0 cm³/mol. The second-order valence-electron chi connectivity index (χ2n) is 5.12. The fourth-order valence-corrected chi connectivity index (χ4v) is 4.04. The van der Waals surface area contributed by atoms with Crippen molar-refractivity contribution in [2.75, 3.05) is 16.3 Å². The quantitative estimate of drug-likeness (QED) is 0.856. The molecule has 2 aromatic carbocycles. The van der Waals surface area contributed by atoms with Crippen molar-refractivity contribution in [3.05, 3.63) is 48.0 Å². The zero-order valence-corrected chi connectivity index (χ0v) is 13.2. The number of aromatic hydroxyl groups is 1. The number of nitrogens with zero attached hydrogens (tertiary/aromatic N) is 2. The molecular formula is C15H12N2O6S. The summed E-state index contributed by atoms with van der Waals surface area (Å²) in [5, 5.41) is 18.4. The number of urea groups is 1. The van der Waals surface area contributed by atoms with Crippen LogP contribution in [0.15, 0.2) is 47.4 Å². The highest BCUT2D eigenvalue weighted by atomic mass is 32.2. The number of amides is 2. The van der Waals surface area contributed by atoms with Gasteiger partial charge in [0, 0.05) is 13.1 Å². The molecule has 0 aromatic heterocycles. The van der Waals surface area contributed by atoms with Gasteiger partial charge < -0.3 is 10.2 Å². The van der Waals surface area contributed by atoms with Crippen LogP contribution in [0.5, 0.6) is 5.75 Å². The lowest BCUT2D eigenvalue weighted by atomic mass is 10.2. The number of fused-ring (bicyclic) bond motifs is 1. The number of rotatable bonds is 2. The van der Waals surface area contributed by atoms with E-state index < -0.39 is 22.0 Å². The number of aromatic carboxylic acids is 1. The fourth-order valence-electron chi connectivity index (χ4n) is 2.42. The zero-order valence-electron chi connectivity index (χ0n) is 12.4. The SMILES string of the molecule is CN1C(=O)N(c2ccc(C(=O)O)cc2)S(=O)(=O)c2ccc(O)cc21. The van der Waals surface area contributed by atoms with Gasteiger partial charge in [-0.2, -0.15) is 4.31 Å². The van der Waals surface area contributed by atoms with Crippen LogP contribution >= 0.6 is 0 Å². The number of phenolic OH excluding ortho intramolecular Hbond substituents is 1. The Morgan fingerprint density at radius 1 is 1.08 bits per heavy atom. The summed E-state index contributed by atoms with van der Waals surface area (Å²) in [6, 6.07) is 7.70. The molecule has 1 aliphatic rings. The van der Waals surface area contributed by atoms with Gasteiger partial charge in [0.2, 0.25) is 0 Å². The van der Waals surface area contributed by atoms with Gasteiger partial charge in [-0.25, -0.2) is 18.0 Å². The Morgan fingerprint density at radius 2 is 1.71 bits per heavy atom. The average molecular weight is 348 g/mol. The summed E-state index contributed by atoms with van der Waals surface area (Å²) in [5.74, 6) is -1.32. The van der Waals surface area contributed by atoms with Crippen molar-refractivity contribution in [3.8, 4) is 5.75 Å². The van der Waals surface area contributed by atoms with Crippen LogP contribution < -0.4 is 9.21 Å². The maximum atomic E-state index is 12.8. The molecule has 1 heterocycles. The molecule has 9 heteroatoms. The minimum atomic E-state index is -4.18. The summed E-state index contributed by atoms with van der Waals surface area (Å²) in [5.41, 5.74) is 0.0632. The van der Waals surface area contributed by atoms with Crippen LogP contribution in [-0.4, -0.2) is 37.7 Å². The lowest BCUT2D eigenvalue weighted by Gasteiger charge is -2.34. The number of sulfonamides is 1. The summed E-state index contributed by atoms with van der Waals surface area (Å²) in [4.78, 5) is 24.4. The van der Waals surface area contributed by atoms with E-state index >= 15 is 0 Å². The van der Waals surface area contributed by atoms with Crippen LogP contribution in [0.3, 0.4) is 0 Å². The molecule has 0 spiro atoms. The van der Waals surface area contributed by atoms with E-state index in [4.69, 9.17) is 5.11 Å². The van der Waals surface area contributed by atoms with E-state index in [-0.39, 0.29) is 27.6 Å². The van der Waals surface area contributed by atoms with E-state index in [9.17, 15) is 23.1 Å². The highest BCUT2D eigenvalue weighted by Crippen LogP contribution is 2.38. The molecule has 0 fully saturated rings. The maximum Gasteiger partial charge on any atom is 0.342 e. The van der Waals surface area contributed by atoms with Crippen LogP contribution in [0.1, 0.15) is 10.4 Å². The van der Waals surface area contributed by atoms with Gasteiger partial charge in [-0.15, -0.1) is 0 Å². The Bertz CT molecular complexity index is 952. The van der Waals surface area contributed by atoms with Gasteiger partial charge in [-0.1, -0.05) is 0 Å². The first-order valence-corrected chi connectivity index (χ1v) is 8.17. The minimum Gasteiger partial charge on any atom is -0.508 e. The van der Waals surface area contributed by atoms with Gasteiger partial charge in [0.1, 0.15) is 10.6 Å². The number of hydrogen-bond donors (Lipinski definition) is 2. The van der Waals surface area contributed by atoms with E-state index in [0.29, 0.717) is 4.31 Å². The van der Waals surface area contributed by atoms with Crippen LogP contribution in [0.4, 0.5) is 16.2 Å². The van der Waals surface area contributed by atoms with Crippen LogP contribution in [0.25, 0.3) is 0 Å². The molecule has 0 unspecified atom stereocenters. The molecule has 1 aliphatic heterocycles. The molecule has 0 aliphatic carbocycles. The molecule has 2 amide bonds. The second-order valence-corrected chi connectivity index (χ2v) is 6.87. The number of anilines is 2. The van der Waals surface area contributed by atoms with E-state index in [1.165, 1.54) is 49.5 Å². The molecule has 0 saturated carbocycles. The van der Waals surface area contributed by atoms with Gasteiger partial charge in [0.25, 0.3) is 10.0 Å². The van der Waals surface area contributed by atoms with Gasteiger partial charge >= 0.3 is 12.0 Å². The molecule has 0 atom stereocenters. The molecule has 124 valence electrons. The monoisotopic (exact) mass is 348 g/mol. The second kappa shape index (κ2) is 5.24. The minimum absolute atomic E-state index is 0.0237. The average Bonchev–Trinajstić information content (AvgIpc) is 2.53. The number of phenols is 1. The molecule has 0 saturated heterocycles. The number of benzene rings is 2. The third-order valence-electron chi connectivity index (χ3n) is 3.63. The highest BCUT2D eigenvalue weighted by molar-refractivity contribution is 7.94. The van der Waals surface area contributed by atoms with Crippen molar-refractivity contribution in [3.63, 3.8) is 0 Å². The van der Waals surface area contributed by atoms with Gasteiger partial charge in [0.05, 0.1) is 16.9 Å². The van der Waals surface area contributed by atoms with Crippen molar-refractivity contribution < 1.29 is 28.2 Å². The number of carboxylic acid groups (broad SMARTS) is 1. The van der Waals surface area contributed by atoms with Crippen LogP contribution in [-0.2, 0) is 10.0 Å². The summed E-state index contributed by atoms with van der Waals surface area (Å²) < 4.78 is 26.1. The van der Waals surface area contributed by atoms with Crippen LogP contribution in [0, 0.1) is 0 Å². The van der Waals surface area contributed by atoms with Crippen molar-refractivity contribution in [2.45, 2.75) is 4.90 Å². The molecular weight excluding hydrogens is 336 g/mol. The number of hydrogen-bond acceptors (Lipinski definition) is 5. The Hall–Kier alpha value is -3.07. The van der Waals surface area contributed by atoms with Gasteiger partial charge in [-0.05, 0) is 36.4 Å². The topological polar surface area (TPSA) is 115 Å². The van der Waals surface area contributed by atoms with E-state index in [0.717, 1.165) is 4.90 Å². The van der Waals surface area contributed by atoms with E-state index in [1.54, 1.807) is 0 Å². The van der Waals surface area contributed by atoms with Crippen molar-refractivity contribution in [1.82, 2.24) is 0 Å². The molecule has 3 rings (SSSR count). The van der Waals surface area contributed by atoms with Gasteiger partial charge in [0.15, 0.2) is 0 Å².